The monoisotopic (exact) mass is 369 g/mol. The van der Waals surface area contributed by atoms with E-state index < -0.39 is 0 Å². The van der Waals surface area contributed by atoms with Crippen LogP contribution in [0.1, 0.15) is 30.5 Å². The largest absolute Gasteiger partial charge is 0.472 e. The number of hydrogen-bond acceptors (Lipinski definition) is 2. The Morgan fingerprint density at radius 2 is 1.21 bits per heavy atom. The highest BCUT2D eigenvalue weighted by Gasteiger charge is 2.43. The molecule has 0 aromatic heterocycles. The fraction of sp³-hybridized carbons (Fsp3) is 0.269. The smallest absolute Gasteiger partial charge is 0.216 e. The van der Waals surface area contributed by atoms with Gasteiger partial charge in [-0.15, -0.1) is 0 Å². The number of hydrogen-bond donors (Lipinski definition) is 0. The van der Waals surface area contributed by atoms with E-state index in [-0.39, 0.29) is 17.6 Å². The Bertz CT molecular complexity index is 877. The Morgan fingerprint density at radius 3 is 1.71 bits per heavy atom. The molecule has 3 aromatic rings. The molecule has 1 aliphatic heterocycles. The number of ether oxygens (including phenoxy) is 1. The average Bonchev–Trinajstić information content (AvgIpc) is 3.13. The summed E-state index contributed by atoms with van der Waals surface area (Å²) in [6.07, 6.45) is 1.98. The standard InChI is InChI=1S/C26H27NO/c1-20-24(27-25(28-20)23-16-10-5-11-17-23)26(2,18-21-12-6-3-7-13-21)19-22-14-8-4-9-15-22/h3-17,20,24H,18-19H2,1-2H3/t20-,24-/m0/s1. The van der Waals surface area contributed by atoms with Crippen molar-refractivity contribution in [1.82, 2.24) is 0 Å². The van der Waals surface area contributed by atoms with Gasteiger partial charge in [-0.05, 0) is 43.0 Å². The topological polar surface area (TPSA) is 21.6 Å². The minimum Gasteiger partial charge on any atom is -0.472 e. The van der Waals surface area contributed by atoms with Crippen LogP contribution in [0, 0.1) is 5.41 Å². The van der Waals surface area contributed by atoms with E-state index in [0.717, 1.165) is 24.3 Å². The van der Waals surface area contributed by atoms with Gasteiger partial charge in [0.1, 0.15) is 6.10 Å². The SMILES string of the molecule is C[C@@H]1OC(c2ccccc2)=N[C@@H]1C(C)(Cc1ccccc1)Cc1ccccc1. The summed E-state index contributed by atoms with van der Waals surface area (Å²) in [4.78, 5) is 5.10. The third-order valence-electron chi connectivity index (χ3n) is 5.63. The van der Waals surface area contributed by atoms with E-state index in [9.17, 15) is 0 Å². The molecule has 2 atom stereocenters. The van der Waals surface area contributed by atoms with Gasteiger partial charge >= 0.3 is 0 Å². The fourth-order valence-electron chi connectivity index (χ4n) is 4.34. The molecule has 1 aliphatic rings. The van der Waals surface area contributed by atoms with Gasteiger partial charge in [-0.2, -0.15) is 0 Å². The summed E-state index contributed by atoms with van der Waals surface area (Å²) in [5.41, 5.74) is 3.70. The predicted molar refractivity (Wildman–Crippen MR) is 116 cm³/mol. The summed E-state index contributed by atoms with van der Waals surface area (Å²) in [7, 11) is 0. The zero-order valence-electron chi connectivity index (χ0n) is 16.6. The highest BCUT2D eigenvalue weighted by Crippen LogP contribution is 2.38. The molecule has 0 fully saturated rings. The minimum atomic E-state index is -0.0430. The Labute approximate surface area is 167 Å². The summed E-state index contributed by atoms with van der Waals surface area (Å²) >= 11 is 0. The Kier molecular flexibility index (Phi) is 5.29. The van der Waals surface area contributed by atoms with Crippen LogP contribution >= 0.6 is 0 Å². The van der Waals surface area contributed by atoms with Gasteiger partial charge in [0, 0.05) is 11.0 Å². The van der Waals surface area contributed by atoms with E-state index in [2.05, 4.69) is 86.6 Å². The van der Waals surface area contributed by atoms with E-state index in [0.29, 0.717) is 0 Å². The molecule has 0 saturated carbocycles. The second-order valence-corrected chi connectivity index (χ2v) is 8.05. The Balaban J connectivity index is 1.69. The van der Waals surface area contributed by atoms with Crippen molar-refractivity contribution in [2.75, 3.05) is 0 Å². The fourth-order valence-corrected chi connectivity index (χ4v) is 4.34. The average molecular weight is 370 g/mol. The highest BCUT2D eigenvalue weighted by molar-refractivity contribution is 5.95. The van der Waals surface area contributed by atoms with Crippen LogP contribution < -0.4 is 0 Å². The van der Waals surface area contributed by atoms with Crippen LogP contribution in [0.2, 0.25) is 0 Å². The van der Waals surface area contributed by atoms with Crippen LogP contribution in [0.15, 0.2) is 96.0 Å². The van der Waals surface area contributed by atoms with Gasteiger partial charge in [-0.25, -0.2) is 4.99 Å². The third kappa shape index (κ3) is 4.01. The first-order valence-corrected chi connectivity index (χ1v) is 10.0. The van der Waals surface area contributed by atoms with Crippen LogP contribution in [0.3, 0.4) is 0 Å². The molecule has 1 heterocycles. The molecule has 0 amide bonds. The van der Waals surface area contributed by atoms with E-state index in [1.165, 1.54) is 11.1 Å². The summed E-state index contributed by atoms with van der Waals surface area (Å²) in [5.74, 6) is 0.769. The molecule has 2 heteroatoms. The van der Waals surface area contributed by atoms with Crippen molar-refractivity contribution in [1.29, 1.82) is 0 Å². The van der Waals surface area contributed by atoms with Crippen molar-refractivity contribution in [2.24, 2.45) is 10.4 Å². The van der Waals surface area contributed by atoms with Crippen molar-refractivity contribution in [3.8, 4) is 0 Å². The normalized spacial score (nSPS) is 19.1. The molecule has 4 rings (SSSR count). The summed E-state index contributed by atoms with van der Waals surface area (Å²) in [6, 6.07) is 31.8. The Hall–Kier alpha value is -2.87. The molecule has 0 bridgehead atoms. The zero-order valence-corrected chi connectivity index (χ0v) is 16.6. The molecule has 2 nitrogen and oxygen atoms in total. The van der Waals surface area contributed by atoms with E-state index >= 15 is 0 Å². The quantitative estimate of drug-likeness (QED) is 0.545. The lowest BCUT2D eigenvalue weighted by atomic mass is 9.71. The molecule has 142 valence electrons. The molecule has 0 radical (unpaired) electrons. The summed E-state index contributed by atoms with van der Waals surface area (Å²) in [6.45, 7) is 4.51. The van der Waals surface area contributed by atoms with Gasteiger partial charge in [-0.1, -0.05) is 85.8 Å². The van der Waals surface area contributed by atoms with Crippen molar-refractivity contribution in [3.63, 3.8) is 0 Å². The van der Waals surface area contributed by atoms with Crippen LogP contribution in [0.5, 0.6) is 0 Å². The summed E-state index contributed by atoms with van der Waals surface area (Å²) in [5, 5.41) is 0. The molecular formula is C26H27NO. The number of rotatable bonds is 6. The van der Waals surface area contributed by atoms with Crippen molar-refractivity contribution < 1.29 is 4.74 Å². The maximum absolute atomic E-state index is 6.23. The van der Waals surface area contributed by atoms with E-state index in [4.69, 9.17) is 9.73 Å². The second-order valence-electron chi connectivity index (χ2n) is 8.05. The molecule has 0 aliphatic carbocycles. The molecule has 0 spiro atoms. The minimum absolute atomic E-state index is 0.0430. The first kappa shape index (κ1) is 18.5. The molecule has 0 N–H and O–H groups in total. The van der Waals surface area contributed by atoms with Gasteiger partial charge in [0.2, 0.25) is 5.90 Å². The van der Waals surface area contributed by atoms with Crippen LogP contribution in [0.4, 0.5) is 0 Å². The van der Waals surface area contributed by atoms with Gasteiger partial charge in [-0.3, -0.25) is 0 Å². The maximum atomic E-state index is 6.23. The highest BCUT2D eigenvalue weighted by atomic mass is 16.5. The molecule has 0 saturated heterocycles. The predicted octanol–water partition coefficient (Wildman–Crippen LogP) is 5.71. The Morgan fingerprint density at radius 1 is 0.750 bits per heavy atom. The molecule has 3 aromatic carbocycles. The lowest BCUT2D eigenvalue weighted by Crippen LogP contribution is -2.40. The van der Waals surface area contributed by atoms with Gasteiger partial charge in [0.25, 0.3) is 0 Å². The van der Waals surface area contributed by atoms with Crippen molar-refractivity contribution in [3.05, 3.63) is 108 Å². The molecule has 0 unspecified atom stereocenters. The van der Waals surface area contributed by atoms with E-state index in [1.54, 1.807) is 0 Å². The van der Waals surface area contributed by atoms with E-state index in [1.807, 2.05) is 18.2 Å². The first-order valence-electron chi connectivity index (χ1n) is 10.0. The van der Waals surface area contributed by atoms with Crippen LogP contribution in [-0.4, -0.2) is 18.0 Å². The van der Waals surface area contributed by atoms with Gasteiger partial charge in [0.05, 0.1) is 6.04 Å². The number of nitrogens with zero attached hydrogens (tertiary/aromatic N) is 1. The summed E-state index contributed by atoms with van der Waals surface area (Å²) < 4.78 is 6.23. The third-order valence-corrected chi connectivity index (χ3v) is 5.63. The lowest BCUT2D eigenvalue weighted by molar-refractivity contribution is 0.130. The zero-order chi connectivity index (χ0) is 19.4. The molecular weight excluding hydrogens is 342 g/mol. The van der Waals surface area contributed by atoms with Gasteiger partial charge < -0.3 is 4.74 Å². The second kappa shape index (κ2) is 8.02. The maximum Gasteiger partial charge on any atom is 0.216 e. The first-order chi connectivity index (χ1) is 13.6. The number of aliphatic imine (C=N–C) groups is 1. The number of benzene rings is 3. The van der Waals surface area contributed by atoms with Crippen LogP contribution in [-0.2, 0) is 17.6 Å². The van der Waals surface area contributed by atoms with Gasteiger partial charge in [0.15, 0.2) is 0 Å². The lowest BCUT2D eigenvalue weighted by Gasteiger charge is -2.35. The molecule has 28 heavy (non-hydrogen) atoms. The van der Waals surface area contributed by atoms with Crippen molar-refractivity contribution >= 4 is 5.90 Å². The van der Waals surface area contributed by atoms with Crippen molar-refractivity contribution in [2.45, 2.75) is 38.8 Å². The van der Waals surface area contributed by atoms with Crippen LogP contribution in [0.25, 0.3) is 0 Å².